The van der Waals surface area contributed by atoms with Gasteiger partial charge in [0, 0.05) is 41.9 Å². The number of carbonyl (C=O) groups excluding carboxylic acids is 1. The normalized spacial score (nSPS) is 20.3. The molecule has 7 rings (SSSR count). The largest absolute Gasteiger partial charge is 0.472 e. The first-order chi connectivity index (χ1) is 23.7. The molecule has 4 heterocycles. The summed E-state index contributed by atoms with van der Waals surface area (Å²) in [5.74, 6) is -0.517. The van der Waals surface area contributed by atoms with E-state index in [1.54, 1.807) is 41.4 Å². The van der Waals surface area contributed by atoms with Crippen molar-refractivity contribution in [2.45, 2.75) is 70.2 Å². The first-order valence-electron chi connectivity index (χ1n) is 16.6. The van der Waals surface area contributed by atoms with Crippen LogP contribution in [0, 0.1) is 39.8 Å². The highest BCUT2D eigenvalue weighted by atomic mass is 19.1. The van der Waals surface area contributed by atoms with Crippen molar-refractivity contribution in [1.29, 1.82) is 15.8 Å². The van der Waals surface area contributed by atoms with Gasteiger partial charge in [-0.15, -0.1) is 0 Å². The van der Waals surface area contributed by atoms with Crippen LogP contribution in [0.4, 0.5) is 4.39 Å². The van der Waals surface area contributed by atoms with Gasteiger partial charge in [-0.25, -0.2) is 9.37 Å². The Morgan fingerprint density at radius 2 is 1.86 bits per heavy atom. The Balaban J connectivity index is 1.47. The minimum absolute atomic E-state index is 0.0337. The first-order valence-corrected chi connectivity index (χ1v) is 16.6. The van der Waals surface area contributed by atoms with Gasteiger partial charge < -0.3 is 9.64 Å². The fourth-order valence-electron chi connectivity index (χ4n) is 7.99. The minimum atomic E-state index is -0.687. The fraction of sp³-hybridized carbons (Fsp3) is 0.368. The molecule has 3 aromatic carbocycles. The summed E-state index contributed by atoms with van der Waals surface area (Å²) in [5.41, 5.74) is 1.60. The summed E-state index contributed by atoms with van der Waals surface area (Å²) in [7, 11) is 2.07. The molecule has 11 heteroatoms. The summed E-state index contributed by atoms with van der Waals surface area (Å²) in [6.45, 7) is 4.93. The molecule has 5 aromatic rings. The van der Waals surface area contributed by atoms with Crippen LogP contribution < -0.4 is 4.74 Å². The Bertz CT molecular complexity index is 2260. The molecule has 0 bridgehead atoms. The van der Waals surface area contributed by atoms with Gasteiger partial charge in [0.2, 0.25) is 11.8 Å². The lowest BCUT2D eigenvalue weighted by Crippen LogP contribution is -2.45. The molecule has 1 amide bonds. The maximum absolute atomic E-state index is 17.3. The van der Waals surface area contributed by atoms with E-state index < -0.39 is 5.82 Å². The molecule has 246 valence electrons. The Kier molecular flexibility index (Phi) is 8.36. The van der Waals surface area contributed by atoms with Crippen molar-refractivity contribution in [3.63, 3.8) is 0 Å². The standard InChI is InChI=1S/C38H35FN8O2/c1-22(32-11-6-15-45(32)3)49-38-31-21-43-47(28-13-16-46(23(2)48)27(18-28)12-14-40)37(31)30-17-26(20-42)34(35(39)36(30)44-38)29-10-5-8-24-7-4-9-25(19-41)33(24)29/h4-5,7-10,17,21-22,27-28,32H,6,11-13,15-16,18H2,1-3H3/t22?,27-,28+,32+/m1/s1. The van der Waals surface area contributed by atoms with Crippen LogP contribution in [0.25, 0.3) is 43.7 Å². The minimum Gasteiger partial charge on any atom is -0.472 e. The third-order valence-corrected chi connectivity index (χ3v) is 10.3. The number of hydrogen-bond donors (Lipinski definition) is 0. The van der Waals surface area contributed by atoms with Crippen molar-refractivity contribution >= 4 is 38.5 Å². The van der Waals surface area contributed by atoms with Gasteiger partial charge in [-0.05, 0) is 69.3 Å². The van der Waals surface area contributed by atoms with Gasteiger partial charge in [-0.1, -0.05) is 30.3 Å². The molecule has 2 aliphatic rings. The van der Waals surface area contributed by atoms with E-state index in [1.807, 2.05) is 23.7 Å². The average Bonchev–Trinajstić information content (AvgIpc) is 3.75. The number of piperidine rings is 1. The van der Waals surface area contributed by atoms with Gasteiger partial charge in [0.05, 0.1) is 58.9 Å². The highest BCUT2D eigenvalue weighted by Gasteiger charge is 2.34. The Morgan fingerprint density at radius 3 is 2.55 bits per heavy atom. The number of rotatable bonds is 6. The van der Waals surface area contributed by atoms with Gasteiger partial charge in [-0.2, -0.15) is 20.9 Å². The summed E-state index contributed by atoms with van der Waals surface area (Å²) >= 11 is 0. The maximum atomic E-state index is 17.3. The van der Waals surface area contributed by atoms with E-state index in [2.05, 4.69) is 30.2 Å². The van der Waals surface area contributed by atoms with Gasteiger partial charge >= 0.3 is 0 Å². The number of halogens is 1. The van der Waals surface area contributed by atoms with Gasteiger partial charge in [-0.3, -0.25) is 14.4 Å². The van der Waals surface area contributed by atoms with Crippen molar-refractivity contribution in [2.24, 2.45) is 0 Å². The van der Waals surface area contributed by atoms with Crippen LogP contribution in [-0.2, 0) is 4.79 Å². The van der Waals surface area contributed by atoms with Crippen molar-refractivity contribution < 1.29 is 13.9 Å². The van der Waals surface area contributed by atoms with Crippen LogP contribution in [0.15, 0.2) is 48.7 Å². The fourth-order valence-corrected chi connectivity index (χ4v) is 7.99. The predicted molar refractivity (Wildman–Crippen MR) is 183 cm³/mol. The topological polar surface area (TPSA) is 135 Å². The monoisotopic (exact) mass is 654 g/mol. The molecule has 0 saturated carbocycles. The summed E-state index contributed by atoms with van der Waals surface area (Å²) in [5, 5.41) is 37.1. The highest BCUT2D eigenvalue weighted by Crippen LogP contribution is 2.42. The smallest absolute Gasteiger partial charge is 0.225 e. The Morgan fingerprint density at radius 1 is 1.08 bits per heavy atom. The Hall–Kier alpha value is -5.57. The summed E-state index contributed by atoms with van der Waals surface area (Å²) < 4.78 is 25.7. The lowest BCUT2D eigenvalue weighted by molar-refractivity contribution is -0.132. The second kappa shape index (κ2) is 12.8. The van der Waals surface area contributed by atoms with E-state index in [4.69, 9.17) is 14.8 Å². The molecular weight excluding hydrogens is 619 g/mol. The number of benzene rings is 3. The third kappa shape index (κ3) is 5.39. The second-order valence-electron chi connectivity index (χ2n) is 13.1. The van der Waals surface area contributed by atoms with Crippen LogP contribution in [0.2, 0.25) is 0 Å². The number of nitrogens with zero attached hydrogens (tertiary/aromatic N) is 8. The molecule has 4 atom stereocenters. The molecule has 49 heavy (non-hydrogen) atoms. The van der Waals surface area contributed by atoms with Gasteiger partial charge in [0.25, 0.3) is 0 Å². The number of likely N-dealkylation sites (tertiary alicyclic amines) is 2. The van der Waals surface area contributed by atoms with Crippen LogP contribution in [-0.4, -0.2) is 68.8 Å². The molecule has 2 saturated heterocycles. The number of carbonyl (C=O) groups is 1. The molecule has 0 aliphatic carbocycles. The second-order valence-corrected chi connectivity index (χ2v) is 13.1. The predicted octanol–water partition coefficient (Wildman–Crippen LogP) is 6.61. The molecule has 2 aliphatic heterocycles. The molecule has 0 spiro atoms. The number of hydrogen-bond acceptors (Lipinski definition) is 8. The number of likely N-dealkylation sites (N-methyl/N-ethyl adjacent to an activating group) is 1. The van der Waals surface area contributed by atoms with Crippen molar-refractivity contribution in [3.8, 4) is 35.2 Å². The number of ether oxygens (including phenoxy) is 1. The summed E-state index contributed by atoms with van der Waals surface area (Å²) in [6.07, 6.45) is 4.72. The first kappa shape index (κ1) is 32.0. The number of fused-ring (bicyclic) bond motifs is 4. The average molecular weight is 655 g/mol. The van der Waals surface area contributed by atoms with Crippen molar-refractivity contribution in [2.75, 3.05) is 20.1 Å². The van der Waals surface area contributed by atoms with E-state index in [1.165, 1.54) is 6.92 Å². The SMILES string of the molecule is CC(=O)N1CC[C@H](n2ncc3c(OC(C)[C@@H]4CCCN4C)nc4c(F)c(-c5cccc6cccc(C#N)c56)c(C#N)cc4c32)C[C@H]1CC#N. The van der Waals surface area contributed by atoms with Crippen LogP contribution in [0.3, 0.4) is 0 Å². The molecule has 0 radical (unpaired) electrons. The number of nitriles is 3. The van der Waals surface area contributed by atoms with Gasteiger partial charge in [0.15, 0.2) is 5.82 Å². The van der Waals surface area contributed by atoms with Crippen molar-refractivity contribution in [3.05, 3.63) is 65.6 Å². The molecule has 2 fully saturated rings. The zero-order valence-electron chi connectivity index (χ0n) is 27.7. The van der Waals surface area contributed by atoms with Crippen LogP contribution in [0.1, 0.15) is 63.1 Å². The molecule has 2 aromatic heterocycles. The number of amides is 1. The number of aromatic nitrogens is 3. The van der Waals surface area contributed by atoms with E-state index in [9.17, 15) is 20.6 Å². The Labute approximate surface area is 283 Å². The lowest BCUT2D eigenvalue weighted by Gasteiger charge is -2.38. The zero-order valence-corrected chi connectivity index (χ0v) is 27.7. The van der Waals surface area contributed by atoms with E-state index >= 15 is 4.39 Å². The van der Waals surface area contributed by atoms with Crippen molar-refractivity contribution in [1.82, 2.24) is 24.6 Å². The maximum Gasteiger partial charge on any atom is 0.225 e. The van der Waals surface area contributed by atoms with Crippen LogP contribution >= 0.6 is 0 Å². The highest BCUT2D eigenvalue weighted by molar-refractivity contribution is 6.10. The molecular formula is C38H35FN8O2. The van der Waals surface area contributed by atoms with E-state index in [0.717, 1.165) is 24.8 Å². The lowest BCUT2D eigenvalue weighted by atomic mass is 9.90. The molecule has 10 nitrogen and oxygen atoms in total. The molecule has 0 N–H and O–H groups in total. The number of pyridine rings is 1. The summed E-state index contributed by atoms with van der Waals surface area (Å²) in [6, 6.07) is 18.7. The summed E-state index contributed by atoms with van der Waals surface area (Å²) in [4.78, 5) is 21.2. The van der Waals surface area contributed by atoms with E-state index in [-0.39, 0.29) is 59.1 Å². The zero-order chi connectivity index (χ0) is 34.4. The quantitative estimate of drug-likeness (QED) is 0.200. The van der Waals surface area contributed by atoms with Crippen LogP contribution in [0.5, 0.6) is 5.88 Å². The van der Waals surface area contributed by atoms with E-state index in [0.29, 0.717) is 52.2 Å². The molecule has 1 unspecified atom stereocenters. The van der Waals surface area contributed by atoms with Gasteiger partial charge in [0.1, 0.15) is 11.6 Å². The third-order valence-electron chi connectivity index (χ3n) is 10.3.